The highest BCUT2D eigenvalue weighted by Crippen LogP contribution is 2.20. The van der Waals surface area contributed by atoms with Gasteiger partial charge in [0.25, 0.3) is 0 Å². The average molecular weight is 233 g/mol. The van der Waals surface area contributed by atoms with Crippen molar-refractivity contribution in [2.45, 2.75) is 26.1 Å². The topological polar surface area (TPSA) is 29.5 Å². The summed E-state index contributed by atoms with van der Waals surface area (Å²) in [5, 5.41) is 9.70. The second-order valence-electron chi connectivity index (χ2n) is 3.57. The largest absolute Gasteiger partial charge is 0.386 e. The van der Waals surface area contributed by atoms with E-state index in [1.165, 1.54) is 12.1 Å². The molecule has 1 atom stereocenters. The van der Waals surface area contributed by atoms with Crippen LogP contribution < -0.4 is 0 Å². The van der Waals surface area contributed by atoms with E-state index in [2.05, 4.69) is 0 Å². The van der Waals surface area contributed by atoms with Crippen LogP contribution in [-0.4, -0.2) is 17.8 Å². The van der Waals surface area contributed by atoms with Crippen LogP contribution in [0.25, 0.3) is 0 Å². The lowest BCUT2D eigenvalue weighted by atomic mass is 10.1. The van der Waals surface area contributed by atoms with Crippen molar-refractivity contribution in [2.75, 3.05) is 6.61 Å². The molecule has 1 unspecified atom stereocenters. The lowest BCUT2D eigenvalue weighted by molar-refractivity contribution is 0.00483. The second kappa shape index (κ2) is 5.45. The predicted octanol–water partition coefficient (Wildman–Crippen LogP) is 2.94. The summed E-state index contributed by atoms with van der Waals surface area (Å²) in [6, 6.07) is 4.22. The first-order valence-electron chi connectivity index (χ1n) is 4.75. The summed E-state index contributed by atoms with van der Waals surface area (Å²) in [5.41, 5.74) is 0.470. The van der Waals surface area contributed by atoms with Crippen molar-refractivity contribution >= 4 is 11.6 Å². The highest BCUT2D eigenvalue weighted by atomic mass is 35.5. The Hall–Kier alpha value is -0.640. The number of ether oxygens (including phenoxy) is 1. The van der Waals surface area contributed by atoms with Gasteiger partial charge in [0.1, 0.15) is 11.9 Å². The molecule has 15 heavy (non-hydrogen) atoms. The van der Waals surface area contributed by atoms with E-state index in [-0.39, 0.29) is 17.7 Å². The third-order valence-corrected chi connectivity index (χ3v) is 2.22. The van der Waals surface area contributed by atoms with Gasteiger partial charge in [0.05, 0.1) is 17.7 Å². The van der Waals surface area contributed by atoms with Gasteiger partial charge in [0, 0.05) is 0 Å². The van der Waals surface area contributed by atoms with E-state index in [9.17, 15) is 9.50 Å². The number of rotatable bonds is 4. The maximum atomic E-state index is 13.1. The Morgan fingerprint density at radius 2 is 2.13 bits per heavy atom. The minimum atomic E-state index is -0.820. The van der Waals surface area contributed by atoms with Gasteiger partial charge in [-0.25, -0.2) is 4.39 Å². The van der Waals surface area contributed by atoms with Crippen molar-refractivity contribution in [1.82, 2.24) is 0 Å². The molecule has 4 heteroatoms. The molecular formula is C11H14ClFO2. The lowest BCUT2D eigenvalue weighted by Crippen LogP contribution is -2.12. The van der Waals surface area contributed by atoms with Crippen LogP contribution in [0.4, 0.5) is 4.39 Å². The van der Waals surface area contributed by atoms with Gasteiger partial charge in [-0.3, -0.25) is 0 Å². The van der Waals surface area contributed by atoms with E-state index < -0.39 is 11.9 Å². The van der Waals surface area contributed by atoms with Crippen LogP contribution in [0.2, 0.25) is 5.02 Å². The maximum Gasteiger partial charge on any atom is 0.142 e. The fourth-order valence-electron chi connectivity index (χ4n) is 1.10. The molecule has 1 N–H and O–H groups in total. The molecule has 0 bridgehead atoms. The quantitative estimate of drug-likeness (QED) is 0.865. The Bertz CT molecular complexity index is 328. The monoisotopic (exact) mass is 232 g/mol. The smallest absolute Gasteiger partial charge is 0.142 e. The van der Waals surface area contributed by atoms with Gasteiger partial charge in [0.15, 0.2) is 0 Å². The molecule has 0 amide bonds. The van der Waals surface area contributed by atoms with Gasteiger partial charge in [-0.1, -0.05) is 17.7 Å². The second-order valence-corrected chi connectivity index (χ2v) is 3.98. The van der Waals surface area contributed by atoms with E-state index in [0.29, 0.717) is 5.56 Å². The van der Waals surface area contributed by atoms with Crippen LogP contribution in [0.15, 0.2) is 18.2 Å². The number of hydrogen-bond donors (Lipinski definition) is 1. The molecule has 0 radical (unpaired) electrons. The van der Waals surface area contributed by atoms with Gasteiger partial charge in [-0.05, 0) is 31.5 Å². The molecule has 0 aromatic heterocycles. The van der Waals surface area contributed by atoms with Gasteiger partial charge in [-0.15, -0.1) is 0 Å². The van der Waals surface area contributed by atoms with E-state index in [1.807, 2.05) is 13.8 Å². The minimum Gasteiger partial charge on any atom is -0.386 e. The Kier molecular flexibility index (Phi) is 4.51. The zero-order chi connectivity index (χ0) is 11.4. The van der Waals surface area contributed by atoms with Gasteiger partial charge < -0.3 is 9.84 Å². The van der Waals surface area contributed by atoms with Crippen molar-refractivity contribution < 1.29 is 14.2 Å². The first-order valence-corrected chi connectivity index (χ1v) is 5.13. The Morgan fingerprint density at radius 1 is 1.47 bits per heavy atom. The Morgan fingerprint density at radius 3 is 2.67 bits per heavy atom. The summed E-state index contributed by atoms with van der Waals surface area (Å²) in [7, 11) is 0. The van der Waals surface area contributed by atoms with Crippen molar-refractivity contribution in [3.05, 3.63) is 34.6 Å². The van der Waals surface area contributed by atoms with Gasteiger partial charge in [-0.2, -0.15) is 0 Å². The molecule has 0 aliphatic carbocycles. The van der Waals surface area contributed by atoms with Gasteiger partial charge >= 0.3 is 0 Å². The van der Waals surface area contributed by atoms with Crippen LogP contribution in [0.5, 0.6) is 0 Å². The van der Waals surface area contributed by atoms with Crippen LogP contribution in [0.1, 0.15) is 25.5 Å². The third-order valence-electron chi connectivity index (χ3n) is 1.92. The van der Waals surface area contributed by atoms with E-state index >= 15 is 0 Å². The molecule has 2 nitrogen and oxygen atoms in total. The van der Waals surface area contributed by atoms with E-state index in [0.717, 1.165) is 0 Å². The molecule has 0 saturated heterocycles. The zero-order valence-electron chi connectivity index (χ0n) is 8.71. The summed E-state index contributed by atoms with van der Waals surface area (Å²) < 4.78 is 18.3. The molecule has 0 aliphatic rings. The molecule has 0 fully saturated rings. The summed E-state index contributed by atoms with van der Waals surface area (Å²) in [6.07, 6.45) is -0.782. The minimum absolute atomic E-state index is 0.0387. The number of aliphatic hydroxyl groups is 1. The van der Waals surface area contributed by atoms with Crippen LogP contribution in [-0.2, 0) is 4.74 Å². The fourth-order valence-corrected chi connectivity index (χ4v) is 1.22. The number of halogens is 2. The van der Waals surface area contributed by atoms with Crippen molar-refractivity contribution in [2.24, 2.45) is 0 Å². The Balaban J connectivity index is 2.65. The predicted molar refractivity (Wildman–Crippen MR) is 57.5 cm³/mol. The van der Waals surface area contributed by atoms with E-state index in [4.69, 9.17) is 16.3 Å². The summed E-state index contributed by atoms with van der Waals surface area (Å²) in [4.78, 5) is 0. The molecule has 1 aromatic rings. The van der Waals surface area contributed by atoms with Crippen LogP contribution in [0.3, 0.4) is 0 Å². The van der Waals surface area contributed by atoms with Gasteiger partial charge in [0.2, 0.25) is 0 Å². The van der Waals surface area contributed by atoms with Crippen molar-refractivity contribution in [3.8, 4) is 0 Å². The number of aliphatic hydroxyl groups excluding tert-OH is 1. The summed E-state index contributed by atoms with van der Waals surface area (Å²) in [6.45, 7) is 3.89. The third kappa shape index (κ3) is 3.78. The SMILES string of the molecule is CC(C)OCC(O)c1ccc(Cl)c(F)c1. The van der Waals surface area contributed by atoms with Crippen molar-refractivity contribution in [3.63, 3.8) is 0 Å². The summed E-state index contributed by atoms with van der Waals surface area (Å²) >= 11 is 5.52. The maximum absolute atomic E-state index is 13.1. The number of benzene rings is 1. The van der Waals surface area contributed by atoms with Crippen LogP contribution >= 0.6 is 11.6 Å². The molecular weight excluding hydrogens is 219 g/mol. The zero-order valence-corrected chi connectivity index (χ0v) is 9.46. The van der Waals surface area contributed by atoms with E-state index in [1.54, 1.807) is 6.07 Å². The highest BCUT2D eigenvalue weighted by molar-refractivity contribution is 6.30. The van der Waals surface area contributed by atoms with Crippen molar-refractivity contribution in [1.29, 1.82) is 0 Å². The average Bonchev–Trinajstić information content (AvgIpc) is 2.18. The molecule has 0 heterocycles. The Labute approximate surface area is 93.6 Å². The van der Waals surface area contributed by atoms with Crippen LogP contribution in [0, 0.1) is 5.82 Å². The standard InChI is InChI=1S/C11H14ClFO2/c1-7(2)15-6-11(14)8-3-4-9(12)10(13)5-8/h3-5,7,11,14H,6H2,1-2H3. The lowest BCUT2D eigenvalue weighted by Gasteiger charge is -2.13. The molecule has 1 aromatic carbocycles. The molecule has 0 aliphatic heterocycles. The fraction of sp³-hybridized carbons (Fsp3) is 0.455. The first-order chi connectivity index (χ1) is 7.00. The number of hydrogen-bond acceptors (Lipinski definition) is 2. The molecule has 1 rings (SSSR count). The summed E-state index contributed by atoms with van der Waals surface area (Å²) in [5.74, 6) is -0.530. The molecule has 0 spiro atoms. The molecule has 84 valence electrons. The normalized spacial score (nSPS) is 13.2. The highest BCUT2D eigenvalue weighted by Gasteiger charge is 2.10. The molecule has 0 saturated carbocycles. The first kappa shape index (κ1) is 12.4.